The van der Waals surface area contributed by atoms with Crippen LogP contribution in [0.25, 0.3) is 0 Å². The molecule has 1 aliphatic rings. The van der Waals surface area contributed by atoms with Crippen molar-refractivity contribution in [1.82, 2.24) is 0 Å². The van der Waals surface area contributed by atoms with Crippen LogP contribution in [0.4, 0.5) is 5.69 Å². The van der Waals surface area contributed by atoms with Gasteiger partial charge in [0.2, 0.25) is 5.91 Å². The molecule has 0 saturated heterocycles. The fourth-order valence-electron chi connectivity index (χ4n) is 3.25. The summed E-state index contributed by atoms with van der Waals surface area (Å²) < 4.78 is 10.7. The van der Waals surface area contributed by atoms with Crippen LogP contribution >= 0.6 is 0 Å². The lowest BCUT2D eigenvalue weighted by molar-refractivity contribution is -0.137. The molecular weight excluding hydrogens is 322 g/mol. The van der Waals surface area contributed by atoms with Crippen molar-refractivity contribution in [2.45, 2.75) is 44.9 Å². The predicted octanol–water partition coefficient (Wildman–Crippen LogP) is 3.47. The average Bonchev–Trinajstić information content (AvgIpc) is 3.08. The Hall–Kier alpha value is -2.08. The van der Waals surface area contributed by atoms with Crippen LogP contribution in [0.2, 0.25) is 0 Å². The second-order valence-electron chi connectivity index (χ2n) is 6.55. The number of carbonyl (C=O) groups is 2. The summed E-state index contributed by atoms with van der Waals surface area (Å²) in [7, 11) is 1.66. The second-order valence-corrected chi connectivity index (χ2v) is 6.55. The number of hydrogen-bond acceptors (Lipinski definition) is 4. The third kappa shape index (κ3) is 5.74. The van der Waals surface area contributed by atoms with Gasteiger partial charge in [-0.2, -0.15) is 0 Å². The molecule has 0 unspecified atom stereocenters. The predicted molar refractivity (Wildman–Crippen MR) is 94.8 cm³/mol. The molecule has 0 aromatic heterocycles. The van der Waals surface area contributed by atoms with E-state index in [4.69, 9.17) is 14.6 Å². The van der Waals surface area contributed by atoms with Crippen molar-refractivity contribution in [3.63, 3.8) is 0 Å². The Morgan fingerprint density at radius 1 is 1.16 bits per heavy atom. The number of benzene rings is 1. The molecule has 0 aliphatic heterocycles. The zero-order chi connectivity index (χ0) is 18.1. The first-order valence-corrected chi connectivity index (χ1v) is 8.81. The van der Waals surface area contributed by atoms with Crippen molar-refractivity contribution in [3.8, 4) is 5.75 Å². The Morgan fingerprint density at radius 2 is 1.84 bits per heavy atom. The van der Waals surface area contributed by atoms with Crippen molar-refractivity contribution in [1.29, 1.82) is 0 Å². The zero-order valence-corrected chi connectivity index (χ0v) is 14.8. The van der Waals surface area contributed by atoms with Gasteiger partial charge in [-0.15, -0.1) is 0 Å². The normalized spacial score (nSPS) is 15.7. The van der Waals surface area contributed by atoms with E-state index >= 15 is 0 Å². The maximum Gasteiger partial charge on any atom is 0.303 e. The molecule has 138 valence electrons. The number of carboxylic acid groups (broad SMARTS) is 1. The fraction of sp³-hybridized carbons (Fsp3) is 0.579. The number of methoxy groups -OCH3 is 1. The van der Waals surface area contributed by atoms with Gasteiger partial charge >= 0.3 is 5.97 Å². The van der Waals surface area contributed by atoms with E-state index in [0.717, 1.165) is 37.8 Å². The summed E-state index contributed by atoms with van der Waals surface area (Å²) >= 11 is 0. The number of nitrogens with one attached hydrogen (secondary N) is 1. The average molecular weight is 349 g/mol. The van der Waals surface area contributed by atoms with Crippen LogP contribution in [0, 0.1) is 5.41 Å². The third-order valence-corrected chi connectivity index (χ3v) is 4.74. The lowest BCUT2D eigenvalue weighted by Crippen LogP contribution is -2.34. The van der Waals surface area contributed by atoms with E-state index in [2.05, 4.69) is 5.32 Å². The molecular formula is C19H27NO5. The number of amides is 1. The van der Waals surface area contributed by atoms with E-state index in [1.54, 1.807) is 19.2 Å². The Labute approximate surface area is 148 Å². The summed E-state index contributed by atoms with van der Waals surface area (Å²) in [6, 6.07) is 7.19. The topological polar surface area (TPSA) is 84.9 Å². The molecule has 0 radical (unpaired) electrons. The minimum atomic E-state index is -0.823. The van der Waals surface area contributed by atoms with E-state index in [1.165, 1.54) is 0 Å². The lowest BCUT2D eigenvalue weighted by atomic mass is 9.82. The van der Waals surface area contributed by atoms with Gasteiger partial charge in [0.15, 0.2) is 0 Å². The maximum absolute atomic E-state index is 12.7. The van der Waals surface area contributed by atoms with Gasteiger partial charge in [-0.3, -0.25) is 9.59 Å². The van der Waals surface area contributed by atoms with Gasteiger partial charge in [-0.05, 0) is 49.9 Å². The van der Waals surface area contributed by atoms with Gasteiger partial charge in [0.05, 0.1) is 12.0 Å². The zero-order valence-electron chi connectivity index (χ0n) is 14.8. The molecule has 0 spiro atoms. The van der Waals surface area contributed by atoms with E-state index in [0.29, 0.717) is 25.4 Å². The first kappa shape index (κ1) is 19.2. The van der Waals surface area contributed by atoms with Gasteiger partial charge < -0.3 is 19.9 Å². The SMILES string of the molecule is COCCC1(C(=O)Nc2ccc(OCCCC(=O)O)cc2)CCCC1. The standard InChI is InChI=1S/C19H27NO5/c1-24-14-12-19(10-2-3-11-19)18(23)20-15-6-8-16(9-7-15)25-13-4-5-17(21)22/h6-9H,2-5,10-14H2,1H3,(H,20,23)(H,21,22). The molecule has 25 heavy (non-hydrogen) atoms. The molecule has 1 aromatic rings. The number of ether oxygens (including phenoxy) is 2. The van der Waals surface area contributed by atoms with E-state index < -0.39 is 5.97 Å². The number of aliphatic carboxylic acids is 1. The maximum atomic E-state index is 12.7. The van der Waals surface area contributed by atoms with Crippen molar-refractivity contribution >= 4 is 17.6 Å². The highest BCUT2D eigenvalue weighted by Crippen LogP contribution is 2.42. The molecule has 6 heteroatoms. The molecule has 0 atom stereocenters. The van der Waals surface area contributed by atoms with Crippen LogP contribution in [-0.4, -0.2) is 37.3 Å². The number of hydrogen-bond donors (Lipinski definition) is 2. The molecule has 2 rings (SSSR count). The lowest BCUT2D eigenvalue weighted by Gasteiger charge is -2.27. The highest BCUT2D eigenvalue weighted by molar-refractivity contribution is 5.95. The molecule has 1 fully saturated rings. The van der Waals surface area contributed by atoms with Crippen LogP contribution in [-0.2, 0) is 14.3 Å². The smallest absolute Gasteiger partial charge is 0.303 e. The van der Waals surface area contributed by atoms with Crippen LogP contribution in [0.15, 0.2) is 24.3 Å². The number of carbonyl (C=O) groups excluding carboxylic acids is 1. The Kier molecular flexibility index (Phi) is 7.25. The minimum Gasteiger partial charge on any atom is -0.494 e. The Morgan fingerprint density at radius 3 is 2.44 bits per heavy atom. The molecule has 1 aromatic carbocycles. The number of rotatable bonds is 10. The van der Waals surface area contributed by atoms with Crippen molar-refractivity contribution in [2.24, 2.45) is 5.41 Å². The van der Waals surface area contributed by atoms with E-state index in [9.17, 15) is 9.59 Å². The summed E-state index contributed by atoms with van der Waals surface area (Å²) in [5.41, 5.74) is 0.425. The third-order valence-electron chi connectivity index (χ3n) is 4.74. The van der Waals surface area contributed by atoms with Gasteiger partial charge in [-0.1, -0.05) is 12.8 Å². The highest BCUT2D eigenvalue weighted by Gasteiger charge is 2.40. The van der Waals surface area contributed by atoms with Crippen LogP contribution in [0.5, 0.6) is 5.75 Å². The van der Waals surface area contributed by atoms with Crippen molar-refractivity contribution in [2.75, 3.05) is 25.6 Å². The summed E-state index contributed by atoms with van der Waals surface area (Å²) in [6.07, 6.45) is 5.30. The van der Waals surface area contributed by atoms with Crippen LogP contribution in [0.1, 0.15) is 44.9 Å². The number of carboxylic acids is 1. The van der Waals surface area contributed by atoms with E-state index in [-0.39, 0.29) is 17.7 Å². The summed E-state index contributed by atoms with van der Waals surface area (Å²) in [4.78, 5) is 23.2. The van der Waals surface area contributed by atoms with Gasteiger partial charge in [-0.25, -0.2) is 0 Å². The molecule has 1 amide bonds. The van der Waals surface area contributed by atoms with Crippen molar-refractivity contribution < 1.29 is 24.2 Å². The Bertz CT molecular complexity index is 564. The molecule has 1 saturated carbocycles. The largest absolute Gasteiger partial charge is 0.494 e. The summed E-state index contributed by atoms with van der Waals surface area (Å²) in [5, 5.41) is 11.6. The quantitative estimate of drug-likeness (QED) is 0.632. The van der Waals surface area contributed by atoms with E-state index in [1.807, 2.05) is 12.1 Å². The number of anilines is 1. The van der Waals surface area contributed by atoms with Gasteiger partial charge in [0.1, 0.15) is 5.75 Å². The molecule has 0 bridgehead atoms. The summed E-state index contributed by atoms with van der Waals surface area (Å²) in [5.74, 6) is -0.0912. The first-order chi connectivity index (χ1) is 12.1. The molecule has 0 heterocycles. The fourth-order valence-corrected chi connectivity index (χ4v) is 3.25. The second kappa shape index (κ2) is 9.42. The summed E-state index contributed by atoms with van der Waals surface area (Å²) in [6.45, 7) is 0.953. The molecule has 1 aliphatic carbocycles. The van der Waals surface area contributed by atoms with Gasteiger partial charge in [0, 0.05) is 25.8 Å². The molecule has 2 N–H and O–H groups in total. The highest BCUT2D eigenvalue weighted by atomic mass is 16.5. The van der Waals surface area contributed by atoms with Crippen molar-refractivity contribution in [3.05, 3.63) is 24.3 Å². The monoisotopic (exact) mass is 349 g/mol. The minimum absolute atomic E-state index is 0.0668. The van der Waals surface area contributed by atoms with Gasteiger partial charge in [0.25, 0.3) is 0 Å². The first-order valence-electron chi connectivity index (χ1n) is 8.81. The van der Waals surface area contributed by atoms with Crippen LogP contribution in [0.3, 0.4) is 0 Å². The van der Waals surface area contributed by atoms with Crippen LogP contribution < -0.4 is 10.1 Å². The molecule has 6 nitrogen and oxygen atoms in total. The Balaban J connectivity index is 1.87.